The number of aliphatic hydroxyl groups excluding tert-OH is 1. The van der Waals surface area contributed by atoms with E-state index in [4.69, 9.17) is 0 Å². The topological polar surface area (TPSA) is 108 Å². The van der Waals surface area contributed by atoms with E-state index < -0.39 is 6.10 Å². The second-order valence-electron chi connectivity index (χ2n) is 5.35. The van der Waals surface area contributed by atoms with Crippen LogP contribution in [0, 0.1) is 0 Å². The third-order valence-electron chi connectivity index (χ3n) is 3.28. The molecule has 0 spiro atoms. The molecular weight excluding hydrogens is 294 g/mol. The fraction of sp³-hybridized carbons (Fsp3) is 0.600. The van der Waals surface area contributed by atoms with Gasteiger partial charge in [0.1, 0.15) is 11.0 Å². The minimum Gasteiger partial charge on any atom is -0.392 e. The molecule has 8 nitrogen and oxygen atoms in total. The van der Waals surface area contributed by atoms with E-state index in [0.717, 1.165) is 30.6 Å². The average molecular weight is 319 g/mol. The van der Waals surface area contributed by atoms with Crippen molar-refractivity contribution in [3.63, 3.8) is 0 Å². The first kappa shape index (κ1) is 17.1. The Balaban J connectivity index is 2.49. The summed E-state index contributed by atoms with van der Waals surface area (Å²) in [6, 6.07) is 0. The first-order chi connectivity index (χ1) is 11.1. The molecule has 0 saturated carbocycles. The van der Waals surface area contributed by atoms with Crippen molar-refractivity contribution < 1.29 is 5.11 Å². The minimum absolute atomic E-state index is 0.389. The van der Waals surface area contributed by atoms with Gasteiger partial charge in [-0.05, 0) is 19.8 Å². The fourth-order valence-corrected chi connectivity index (χ4v) is 2.13. The van der Waals surface area contributed by atoms with Crippen LogP contribution in [0.1, 0.15) is 32.9 Å². The average Bonchev–Trinajstić information content (AvgIpc) is 2.56. The minimum atomic E-state index is -0.472. The van der Waals surface area contributed by atoms with Crippen LogP contribution in [-0.2, 0) is 6.42 Å². The lowest BCUT2D eigenvalue weighted by atomic mass is 10.2. The predicted molar refractivity (Wildman–Crippen MR) is 93.0 cm³/mol. The highest BCUT2D eigenvalue weighted by Crippen LogP contribution is 2.24. The fourth-order valence-electron chi connectivity index (χ4n) is 2.13. The number of aromatic nitrogens is 4. The van der Waals surface area contributed by atoms with Crippen LogP contribution in [0.3, 0.4) is 0 Å². The van der Waals surface area contributed by atoms with Crippen LogP contribution in [0.25, 0.3) is 11.0 Å². The molecule has 2 heterocycles. The van der Waals surface area contributed by atoms with Crippen LogP contribution in [0.15, 0.2) is 0 Å². The van der Waals surface area contributed by atoms with Crippen LogP contribution >= 0.6 is 0 Å². The molecule has 1 atom stereocenters. The Bertz CT molecular complexity index is 660. The monoisotopic (exact) mass is 319 g/mol. The molecule has 0 amide bonds. The molecule has 0 radical (unpaired) electrons. The third kappa shape index (κ3) is 4.16. The Kier molecular flexibility index (Phi) is 5.86. The lowest BCUT2D eigenvalue weighted by Crippen LogP contribution is -2.18. The number of aryl methyl sites for hydroxylation is 1. The van der Waals surface area contributed by atoms with E-state index in [0.29, 0.717) is 29.8 Å². The van der Waals surface area contributed by atoms with Crippen molar-refractivity contribution in [1.29, 1.82) is 0 Å². The molecule has 0 aliphatic rings. The summed E-state index contributed by atoms with van der Waals surface area (Å²) >= 11 is 0. The number of rotatable bonds is 8. The molecule has 23 heavy (non-hydrogen) atoms. The van der Waals surface area contributed by atoms with E-state index in [2.05, 4.69) is 42.8 Å². The first-order valence-electron chi connectivity index (χ1n) is 8.01. The molecular formula is C15H25N7O. The molecule has 126 valence electrons. The summed E-state index contributed by atoms with van der Waals surface area (Å²) in [5.41, 5.74) is 2.27. The number of hydrogen-bond donors (Lipinski definition) is 4. The van der Waals surface area contributed by atoms with Gasteiger partial charge in [-0.15, -0.1) is 0 Å². The zero-order valence-corrected chi connectivity index (χ0v) is 14.1. The summed E-state index contributed by atoms with van der Waals surface area (Å²) < 4.78 is 0. The van der Waals surface area contributed by atoms with Crippen LogP contribution < -0.4 is 16.0 Å². The first-order valence-corrected chi connectivity index (χ1v) is 8.01. The Morgan fingerprint density at radius 1 is 1.00 bits per heavy atom. The Hall–Kier alpha value is -2.22. The molecule has 0 unspecified atom stereocenters. The second kappa shape index (κ2) is 7.87. The quantitative estimate of drug-likeness (QED) is 0.581. The summed E-state index contributed by atoms with van der Waals surface area (Å²) in [6.07, 6.45) is 1.26. The maximum Gasteiger partial charge on any atom is 0.225 e. The molecule has 0 bridgehead atoms. The van der Waals surface area contributed by atoms with Gasteiger partial charge < -0.3 is 21.1 Å². The molecule has 0 aliphatic carbocycles. The zero-order chi connectivity index (χ0) is 16.8. The molecule has 0 aliphatic heterocycles. The largest absolute Gasteiger partial charge is 0.392 e. The molecule has 4 N–H and O–H groups in total. The van der Waals surface area contributed by atoms with Crippen molar-refractivity contribution in [2.45, 2.75) is 39.7 Å². The number of nitrogens with one attached hydrogen (secondary N) is 3. The summed E-state index contributed by atoms with van der Waals surface area (Å²) in [6.45, 7) is 7.03. The van der Waals surface area contributed by atoms with Gasteiger partial charge in [-0.25, -0.2) is 15.0 Å². The molecule has 2 aromatic heterocycles. The summed E-state index contributed by atoms with van der Waals surface area (Å²) in [4.78, 5) is 18.0. The lowest BCUT2D eigenvalue weighted by Gasteiger charge is -2.13. The van der Waals surface area contributed by atoms with Gasteiger partial charge in [0.05, 0.1) is 11.8 Å². The molecule has 0 saturated heterocycles. The normalized spacial score (nSPS) is 12.2. The Morgan fingerprint density at radius 2 is 1.70 bits per heavy atom. The molecule has 2 rings (SSSR count). The number of nitrogens with zero attached hydrogens (tertiary/aromatic N) is 4. The third-order valence-corrected chi connectivity index (χ3v) is 3.28. The SMILES string of the molecule is CCCNc1nc(NC)c2nc(NC[C@H](C)O)nc(CC)c2n1. The van der Waals surface area contributed by atoms with Gasteiger partial charge >= 0.3 is 0 Å². The van der Waals surface area contributed by atoms with E-state index in [9.17, 15) is 5.11 Å². The Morgan fingerprint density at radius 3 is 2.30 bits per heavy atom. The van der Waals surface area contributed by atoms with Crippen molar-refractivity contribution in [2.75, 3.05) is 36.1 Å². The zero-order valence-electron chi connectivity index (χ0n) is 14.1. The molecule has 0 aromatic carbocycles. The van der Waals surface area contributed by atoms with E-state index >= 15 is 0 Å². The van der Waals surface area contributed by atoms with E-state index in [1.54, 1.807) is 6.92 Å². The number of anilines is 3. The number of aliphatic hydroxyl groups is 1. The van der Waals surface area contributed by atoms with Gasteiger partial charge in [0, 0.05) is 20.1 Å². The van der Waals surface area contributed by atoms with Gasteiger partial charge in [-0.2, -0.15) is 4.98 Å². The van der Waals surface area contributed by atoms with Crippen LogP contribution in [0.4, 0.5) is 17.7 Å². The van der Waals surface area contributed by atoms with Gasteiger partial charge in [0.15, 0.2) is 5.82 Å². The van der Waals surface area contributed by atoms with Gasteiger partial charge in [-0.1, -0.05) is 13.8 Å². The van der Waals surface area contributed by atoms with Crippen molar-refractivity contribution >= 4 is 28.7 Å². The highest BCUT2D eigenvalue weighted by Gasteiger charge is 2.14. The van der Waals surface area contributed by atoms with E-state index in [1.807, 2.05) is 14.0 Å². The highest BCUT2D eigenvalue weighted by molar-refractivity contribution is 5.88. The molecule has 2 aromatic rings. The molecule has 0 fully saturated rings. The predicted octanol–water partition coefficient (Wildman–Crippen LogP) is 1.64. The lowest BCUT2D eigenvalue weighted by molar-refractivity contribution is 0.208. The number of fused-ring (bicyclic) bond motifs is 1. The van der Waals surface area contributed by atoms with Gasteiger partial charge in [-0.3, -0.25) is 0 Å². The summed E-state index contributed by atoms with van der Waals surface area (Å²) in [5, 5.41) is 18.7. The van der Waals surface area contributed by atoms with Crippen molar-refractivity contribution in [2.24, 2.45) is 0 Å². The van der Waals surface area contributed by atoms with Crippen LogP contribution in [-0.4, -0.2) is 51.3 Å². The van der Waals surface area contributed by atoms with Crippen molar-refractivity contribution in [3.8, 4) is 0 Å². The maximum atomic E-state index is 9.41. The standard InChI is InChI=1S/C15H25N7O/c1-5-7-17-14-20-11-10(6-2)19-15(18-8-9(3)23)21-12(11)13(16-4)22-14/h9,23H,5-8H2,1-4H3,(H,18,19,21)(H2,16,17,20,22)/t9-/m0/s1. The smallest absolute Gasteiger partial charge is 0.225 e. The second-order valence-corrected chi connectivity index (χ2v) is 5.35. The summed E-state index contributed by atoms with van der Waals surface area (Å²) in [7, 11) is 1.81. The van der Waals surface area contributed by atoms with Gasteiger partial charge in [0.2, 0.25) is 11.9 Å². The van der Waals surface area contributed by atoms with Crippen molar-refractivity contribution in [1.82, 2.24) is 19.9 Å². The highest BCUT2D eigenvalue weighted by atomic mass is 16.3. The molecule has 8 heteroatoms. The number of hydrogen-bond acceptors (Lipinski definition) is 8. The van der Waals surface area contributed by atoms with Crippen LogP contribution in [0.5, 0.6) is 0 Å². The van der Waals surface area contributed by atoms with Crippen LogP contribution in [0.2, 0.25) is 0 Å². The van der Waals surface area contributed by atoms with E-state index in [-0.39, 0.29) is 0 Å². The van der Waals surface area contributed by atoms with E-state index in [1.165, 1.54) is 0 Å². The maximum absolute atomic E-state index is 9.41. The Labute approximate surface area is 136 Å². The van der Waals surface area contributed by atoms with Crippen molar-refractivity contribution in [3.05, 3.63) is 5.69 Å². The summed E-state index contributed by atoms with van der Waals surface area (Å²) in [5.74, 6) is 1.71. The van der Waals surface area contributed by atoms with Gasteiger partial charge in [0.25, 0.3) is 0 Å².